The molecule has 1 aromatic carbocycles. The first-order chi connectivity index (χ1) is 10.2. The number of likely N-dealkylation sites (N-methyl/N-ethyl adjacent to an activating group) is 1. The number of allylic oxidation sites excluding steroid dienone is 1. The van der Waals surface area contributed by atoms with Gasteiger partial charge in [-0.1, -0.05) is 45.6 Å². The van der Waals surface area contributed by atoms with Crippen LogP contribution in [0, 0.1) is 5.21 Å². The molecule has 0 spiro atoms. The van der Waals surface area contributed by atoms with Crippen LogP contribution in [0.5, 0.6) is 0 Å². The molecule has 0 saturated carbocycles. The summed E-state index contributed by atoms with van der Waals surface area (Å²) in [5, 5.41) is 41.1. The molecule has 0 saturated heterocycles. The van der Waals surface area contributed by atoms with E-state index in [-0.39, 0.29) is 10.6 Å². The van der Waals surface area contributed by atoms with Crippen molar-refractivity contribution in [2.45, 2.75) is 30.0 Å². The maximum absolute atomic E-state index is 12.6. The summed E-state index contributed by atoms with van der Waals surface area (Å²) in [5.74, 6) is -1.18. The molecule has 0 aromatic heterocycles. The lowest BCUT2D eigenvalue weighted by Crippen LogP contribution is -2.66. The molecule has 1 aliphatic carbocycles. The summed E-state index contributed by atoms with van der Waals surface area (Å²) in [4.78, 5) is 12.6. The first kappa shape index (κ1) is 17.2. The molecule has 0 aliphatic heterocycles. The van der Waals surface area contributed by atoms with Gasteiger partial charge in [0, 0.05) is 0 Å². The highest BCUT2D eigenvalue weighted by Crippen LogP contribution is 2.45. The van der Waals surface area contributed by atoms with Gasteiger partial charge in [-0.3, -0.25) is 4.79 Å². The molecule has 0 radical (unpaired) electrons. The summed E-state index contributed by atoms with van der Waals surface area (Å²) in [5.41, 5.74) is -2.20. The summed E-state index contributed by atoms with van der Waals surface area (Å²) in [6.07, 6.45) is 1.07. The van der Waals surface area contributed by atoms with Crippen LogP contribution < -0.4 is 0 Å². The number of aliphatic hydroxyl groups excluding tert-OH is 1. The number of benzene rings is 1. The highest BCUT2D eigenvalue weighted by molar-refractivity contribution is 7.19. The highest BCUT2D eigenvalue weighted by Gasteiger charge is 2.56. The Morgan fingerprint density at radius 3 is 2.32 bits per heavy atom. The highest BCUT2D eigenvalue weighted by atomic mass is 31.0. The Hall–Kier alpha value is -1.14. The van der Waals surface area contributed by atoms with Crippen molar-refractivity contribution in [1.29, 1.82) is 0 Å². The third kappa shape index (κ3) is 2.63. The number of Topliss-reactive ketones (excluding diaryl/α,β-unsaturated/α-hetero) is 1. The molecule has 1 aliphatic rings. The minimum atomic E-state index is -2.81. The average molecular weight is 324 g/mol. The zero-order valence-corrected chi connectivity index (χ0v) is 13.3. The Kier molecular flexibility index (Phi) is 4.82. The molecule has 22 heavy (non-hydrogen) atoms. The standard InChI is InChI=1S/C15H19NO5P/c1-16(21)14(19,15(20,22)11-8-5-9-11)13(18)12(17)10-6-3-2-4-7-10/h2-4,6-8,12,17,19-20H,5,9,22H2,1H3/q-1. The Balaban J connectivity index is 2.41. The van der Waals surface area contributed by atoms with Crippen LogP contribution in [0.3, 0.4) is 0 Å². The van der Waals surface area contributed by atoms with Crippen LogP contribution >= 0.6 is 9.24 Å². The Bertz CT molecular complexity index is 587. The third-order valence-corrected chi connectivity index (χ3v) is 4.76. The zero-order chi connectivity index (χ0) is 16.5. The summed E-state index contributed by atoms with van der Waals surface area (Å²) in [7, 11) is 2.89. The van der Waals surface area contributed by atoms with Crippen molar-refractivity contribution in [3.05, 3.63) is 52.8 Å². The first-order valence-corrected chi connectivity index (χ1v) is 7.42. The van der Waals surface area contributed by atoms with Gasteiger partial charge in [-0.25, -0.2) is 0 Å². The van der Waals surface area contributed by atoms with Gasteiger partial charge in [0.05, 0.1) is 0 Å². The van der Waals surface area contributed by atoms with Crippen molar-refractivity contribution < 1.29 is 20.1 Å². The van der Waals surface area contributed by atoms with E-state index in [2.05, 4.69) is 0 Å². The maximum Gasteiger partial charge on any atom is 0.215 e. The number of carbonyl (C=O) groups is 1. The molecule has 4 atom stereocenters. The molecule has 120 valence electrons. The number of hydroxylamine groups is 2. The van der Waals surface area contributed by atoms with E-state index >= 15 is 0 Å². The van der Waals surface area contributed by atoms with Crippen molar-refractivity contribution in [3.63, 3.8) is 0 Å². The summed E-state index contributed by atoms with van der Waals surface area (Å²) >= 11 is 0. The van der Waals surface area contributed by atoms with E-state index in [1.165, 1.54) is 12.1 Å². The van der Waals surface area contributed by atoms with Crippen LogP contribution in [-0.2, 0) is 4.79 Å². The molecule has 4 unspecified atom stereocenters. The number of ketones is 1. The van der Waals surface area contributed by atoms with E-state index < -0.39 is 23.0 Å². The van der Waals surface area contributed by atoms with E-state index in [0.29, 0.717) is 18.4 Å². The van der Waals surface area contributed by atoms with E-state index in [0.717, 1.165) is 7.05 Å². The molecule has 0 heterocycles. The van der Waals surface area contributed by atoms with Crippen LogP contribution in [-0.4, -0.2) is 44.3 Å². The lowest BCUT2D eigenvalue weighted by Gasteiger charge is -2.51. The lowest BCUT2D eigenvalue weighted by atomic mass is 9.83. The van der Waals surface area contributed by atoms with Gasteiger partial charge in [0.1, 0.15) is 11.4 Å². The third-order valence-electron chi connectivity index (χ3n) is 3.99. The van der Waals surface area contributed by atoms with Gasteiger partial charge >= 0.3 is 0 Å². The van der Waals surface area contributed by atoms with Crippen LogP contribution in [0.15, 0.2) is 42.0 Å². The van der Waals surface area contributed by atoms with Gasteiger partial charge in [0.2, 0.25) is 11.5 Å². The number of carbonyl (C=O) groups excluding carboxylic acids is 1. The molecule has 2 rings (SSSR count). The number of aliphatic hydroxyl groups is 3. The minimum absolute atomic E-state index is 0.0202. The summed E-state index contributed by atoms with van der Waals surface area (Å²) in [6, 6.07) is 7.94. The van der Waals surface area contributed by atoms with Crippen molar-refractivity contribution in [3.8, 4) is 0 Å². The molecule has 1 aromatic rings. The topological polar surface area (TPSA) is 104 Å². The summed E-state index contributed by atoms with van der Waals surface area (Å²) < 4.78 is 0. The van der Waals surface area contributed by atoms with Crippen LogP contribution in [0.2, 0.25) is 0 Å². The predicted molar refractivity (Wildman–Crippen MR) is 84.5 cm³/mol. The van der Waals surface area contributed by atoms with E-state index in [9.17, 15) is 25.3 Å². The van der Waals surface area contributed by atoms with Crippen molar-refractivity contribution >= 4 is 15.0 Å². The second-order valence-electron chi connectivity index (χ2n) is 5.38. The molecule has 7 heteroatoms. The van der Waals surface area contributed by atoms with Gasteiger partial charge in [0.15, 0.2) is 0 Å². The molecular formula is C15H19NO5P-. The largest absolute Gasteiger partial charge is 0.783 e. The molecule has 0 fully saturated rings. The number of nitrogens with zero attached hydrogens (tertiary/aromatic N) is 1. The number of hydrogen-bond acceptors (Lipinski definition) is 6. The fourth-order valence-electron chi connectivity index (χ4n) is 2.42. The monoisotopic (exact) mass is 324 g/mol. The van der Waals surface area contributed by atoms with E-state index in [1.807, 2.05) is 9.24 Å². The Labute approximate surface area is 130 Å². The average Bonchev–Trinajstić information content (AvgIpc) is 2.42. The number of hydrogen-bond donors (Lipinski definition) is 3. The quantitative estimate of drug-likeness (QED) is 0.308. The summed E-state index contributed by atoms with van der Waals surface area (Å²) in [6.45, 7) is 0. The lowest BCUT2D eigenvalue weighted by molar-refractivity contribution is -0.188. The van der Waals surface area contributed by atoms with Gasteiger partial charge in [-0.2, -0.15) is 0 Å². The van der Waals surface area contributed by atoms with Gasteiger partial charge in [-0.05, 0) is 31.0 Å². The van der Waals surface area contributed by atoms with Crippen LogP contribution in [0.1, 0.15) is 24.5 Å². The van der Waals surface area contributed by atoms with Crippen LogP contribution in [0.4, 0.5) is 0 Å². The second kappa shape index (κ2) is 6.16. The van der Waals surface area contributed by atoms with Gasteiger partial charge in [-0.15, -0.1) is 0 Å². The normalized spacial score (nSPS) is 21.3. The maximum atomic E-state index is 12.6. The molecular weight excluding hydrogens is 305 g/mol. The molecule has 6 nitrogen and oxygen atoms in total. The van der Waals surface area contributed by atoms with E-state index in [1.54, 1.807) is 24.3 Å². The smallest absolute Gasteiger partial charge is 0.215 e. The van der Waals surface area contributed by atoms with Gasteiger partial charge in [0.25, 0.3) is 0 Å². The SMILES string of the molecule is CN([O-])C(O)(C(=O)C(O)c1ccccc1)C(O)(P)C1=CCC1. The van der Waals surface area contributed by atoms with E-state index in [4.69, 9.17) is 0 Å². The van der Waals surface area contributed by atoms with Crippen molar-refractivity contribution in [2.24, 2.45) is 0 Å². The molecule has 3 N–H and O–H groups in total. The van der Waals surface area contributed by atoms with Gasteiger partial charge < -0.3 is 25.6 Å². The van der Waals surface area contributed by atoms with Crippen LogP contribution in [0.25, 0.3) is 0 Å². The zero-order valence-electron chi connectivity index (χ0n) is 12.1. The van der Waals surface area contributed by atoms with Crippen molar-refractivity contribution in [1.82, 2.24) is 5.06 Å². The molecule has 0 bridgehead atoms. The fraction of sp³-hybridized carbons (Fsp3) is 0.400. The Morgan fingerprint density at radius 1 is 1.36 bits per heavy atom. The first-order valence-electron chi connectivity index (χ1n) is 6.84. The second-order valence-corrected chi connectivity index (χ2v) is 6.22. The fourth-order valence-corrected chi connectivity index (χ4v) is 3.01. The predicted octanol–water partition coefficient (Wildman–Crippen LogP) is 0.691. The minimum Gasteiger partial charge on any atom is -0.783 e. The molecule has 0 amide bonds. The number of rotatable bonds is 6. The van der Waals surface area contributed by atoms with Crippen molar-refractivity contribution in [2.75, 3.05) is 7.05 Å². The Morgan fingerprint density at radius 2 is 1.91 bits per heavy atom.